The lowest BCUT2D eigenvalue weighted by Crippen LogP contribution is -2.25. The Labute approximate surface area is 128 Å². The molecule has 0 bridgehead atoms. The molecular formula is C15H19N3O2S. The molecule has 5 nitrogen and oxygen atoms in total. The Morgan fingerprint density at radius 2 is 2.19 bits per heavy atom. The maximum atomic E-state index is 5.55. The second kappa shape index (κ2) is 6.60. The predicted octanol–water partition coefficient (Wildman–Crippen LogP) is 2.65. The van der Waals surface area contributed by atoms with Crippen LogP contribution < -0.4 is 0 Å². The van der Waals surface area contributed by atoms with Gasteiger partial charge in [0.05, 0.1) is 12.7 Å². The van der Waals surface area contributed by atoms with Gasteiger partial charge < -0.3 is 14.0 Å². The van der Waals surface area contributed by atoms with Gasteiger partial charge in [-0.25, -0.2) is 0 Å². The first kappa shape index (κ1) is 14.6. The van der Waals surface area contributed by atoms with E-state index in [1.54, 1.807) is 11.8 Å². The molecule has 0 N–H and O–H groups in total. The molecule has 1 aromatic heterocycles. The molecule has 21 heavy (non-hydrogen) atoms. The van der Waals surface area contributed by atoms with Crippen molar-refractivity contribution in [1.29, 1.82) is 0 Å². The van der Waals surface area contributed by atoms with E-state index in [1.165, 1.54) is 5.56 Å². The monoisotopic (exact) mass is 305 g/mol. The van der Waals surface area contributed by atoms with Crippen LogP contribution in [0.5, 0.6) is 0 Å². The van der Waals surface area contributed by atoms with Crippen molar-refractivity contribution < 1.29 is 9.47 Å². The lowest BCUT2D eigenvalue weighted by atomic mass is 10.1. The fourth-order valence-corrected chi connectivity index (χ4v) is 3.28. The molecule has 112 valence electrons. The van der Waals surface area contributed by atoms with Crippen molar-refractivity contribution in [1.82, 2.24) is 14.8 Å². The molecule has 1 fully saturated rings. The molecule has 3 rings (SSSR count). The molecule has 1 aliphatic heterocycles. The van der Waals surface area contributed by atoms with Crippen LogP contribution in [-0.4, -0.2) is 40.0 Å². The second-order valence-corrected chi connectivity index (χ2v) is 6.08. The van der Waals surface area contributed by atoms with Crippen LogP contribution in [0, 0.1) is 6.92 Å². The summed E-state index contributed by atoms with van der Waals surface area (Å²) in [6.45, 7) is 3.27. The number of hydrogen-bond donors (Lipinski definition) is 0. The van der Waals surface area contributed by atoms with E-state index < -0.39 is 0 Å². The first-order valence-electron chi connectivity index (χ1n) is 7.03. The van der Waals surface area contributed by atoms with Gasteiger partial charge in [0.15, 0.2) is 11.0 Å². The lowest BCUT2D eigenvalue weighted by molar-refractivity contribution is -0.130. The number of nitrogens with zero attached hydrogens (tertiary/aromatic N) is 3. The first-order valence-corrected chi connectivity index (χ1v) is 8.02. The SMILES string of the molecule is Cc1ccccc1-c1nnc(SC[C@H]2CCOCO2)n1C. The molecule has 2 heterocycles. The summed E-state index contributed by atoms with van der Waals surface area (Å²) in [4.78, 5) is 0. The third-order valence-corrected chi connectivity index (χ3v) is 4.74. The molecule has 1 aliphatic rings. The van der Waals surface area contributed by atoms with Crippen LogP contribution in [0.15, 0.2) is 29.4 Å². The van der Waals surface area contributed by atoms with Crippen LogP contribution in [-0.2, 0) is 16.5 Å². The van der Waals surface area contributed by atoms with E-state index in [9.17, 15) is 0 Å². The molecule has 2 aromatic rings. The molecule has 0 aliphatic carbocycles. The van der Waals surface area contributed by atoms with E-state index >= 15 is 0 Å². The molecule has 0 amide bonds. The Morgan fingerprint density at radius 3 is 2.95 bits per heavy atom. The third kappa shape index (κ3) is 3.28. The normalized spacial score (nSPS) is 18.9. The zero-order valence-corrected chi connectivity index (χ0v) is 13.1. The molecule has 6 heteroatoms. The Hall–Kier alpha value is -1.37. The molecule has 0 radical (unpaired) electrons. The number of ether oxygens (including phenoxy) is 2. The summed E-state index contributed by atoms with van der Waals surface area (Å²) in [5, 5.41) is 9.56. The highest BCUT2D eigenvalue weighted by atomic mass is 32.2. The molecule has 0 saturated carbocycles. The van der Waals surface area contributed by atoms with Gasteiger partial charge in [-0.15, -0.1) is 10.2 Å². The van der Waals surface area contributed by atoms with Gasteiger partial charge in [-0.3, -0.25) is 0 Å². The number of thioether (sulfide) groups is 1. The van der Waals surface area contributed by atoms with Gasteiger partial charge in [0.1, 0.15) is 6.79 Å². The molecule has 0 spiro atoms. The van der Waals surface area contributed by atoms with Crippen LogP contribution in [0.2, 0.25) is 0 Å². The van der Waals surface area contributed by atoms with Crippen molar-refractivity contribution in [2.45, 2.75) is 24.6 Å². The van der Waals surface area contributed by atoms with Gasteiger partial charge in [0.25, 0.3) is 0 Å². The highest BCUT2D eigenvalue weighted by molar-refractivity contribution is 7.99. The quantitative estimate of drug-likeness (QED) is 0.813. The second-order valence-electron chi connectivity index (χ2n) is 5.09. The van der Waals surface area contributed by atoms with E-state index in [0.29, 0.717) is 6.79 Å². The Morgan fingerprint density at radius 1 is 1.33 bits per heavy atom. The maximum absolute atomic E-state index is 5.55. The fraction of sp³-hybridized carbons (Fsp3) is 0.467. The van der Waals surface area contributed by atoms with Gasteiger partial charge in [-0.05, 0) is 18.9 Å². The number of aromatic nitrogens is 3. The standard InChI is InChI=1S/C15H19N3O2S/c1-11-5-3-4-6-13(11)14-16-17-15(18(14)2)21-9-12-7-8-19-10-20-12/h3-6,12H,7-10H2,1-2H3/t12-/m1/s1. The highest BCUT2D eigenvalue weighted by Crippen LogP contribution is 2.26. The minimum absolute atomic E-state index is 0.238. The number of benzene rings is 1. The van der Waals surface area contributed by atoms with Crippen LogP contribution in [0.25, 0.3) is 11.4 Å². The van der Waals surface area contributed by atoms with E-state index in [1.807, 2.05) is 23.7 Å². The summed E-state index contributed by atoms with van der Waals surface area (Å²) in [5.41, 5.74) is 2.33. The number of aryl methyl sites for hydroxylation is 1. The van der Waals surface area contributed by atoms with E-state index in [-0.39, 0.29) is 6.10 Å². The minimum atomic E-state index is 0.238. The van der Waals surface area contributed by atoms with Crippen molar-refractivity contribution in [2.75, 3.05) is 19.2 Å². The van der Waals surface area contributed by atoms with Crippen LogP contribution in [0.1, 0.15) is 12.0 Å². The summed E-state index contributed by atoms with van der Waals surface area (Å²) in [6.07, 6.45) is 1.18. The average molecular weight is 305 g/mol. The van der Waals surface area contributed by atoms with E-state index in [4.69, 9.17) is 9.47 Å². The van der Waals surface area contributed by atoms with Gasteiger partial charge in [0, 0.05) is 18.4 Å². The van der Waals surface area contributed by atoms with Gasteiger partial charge in [-0.2, -0.15) is 0 Å². The minimum Gasteiger partial charge on any atom is -0.355 e. The predicted molar refractivity (Wildman–Crippen MR) is 82.2 cm³/mol. The zero-order chi connectivity index (χ0) is 14.7. The van der Waals surface area contributed by atoms with Crippen LogP contribution in [0.3, 0.4) is 0 Å². The topological polar surface area (TPSA) is 49.2 Å². The highest BCUT2D eigenvalue weighted by Gasteiger charge is 2.17. The summed E-state index contributed by atoms with van der Waals surface area (Å²) in [5.74, 6) is 1.78. The summed E-state index contributed by atoms with van der Waals surface area (Å²) >= 11 is 1.68. The van der Waals surface area contributed by atoms with Crippen molar-refractivity contribution in [3.63, 3.8) is 0 Å². The van der Waals surface area contributed by atoms with Crippen molar-refractivity contribution in [3.05, 3.63) is 29.8 Å². The molecule has 0 unspecified atom stereocenters. The first-order chi connectivity index (χ1) is 10.3. The molecular weight excluding hydrogens is 286 g/mol. The van der Waals surface area contributed by atoms with Gasteiger partial charge >= 0.3 is 0 Å². The van der Waals surface area contributed by atoms with Gasteiger partial charge in [-0.1, -0.05) is 36.0 Å². The summed E-state index contributed by atoms with van der Waals surface area (Å²) < 4.78 is 12.8. The molecule has 1 atom stereocenters. The average Bonchev–Trinajstić information content (AvgIpc) is 2.88. The van der Waals surface area contributed by atoms with E-state index in [2.05, 4.69) is 29.3 Å². The Bertz CT molecular complexity index is 609. The molecule has 1 aromatic carbocycles. The van der Waals surface area contributed by atoms with Crippen molar-refractivity contribution in [3.8, 4) is 11.4 Å². The largest absolute Gasteiger partial charge is 0.355 e. The van der Waals surface area contributed by atoms with Crippen molar-refractivity contribution in [2.24, 2.45) is 7.05 Å². The maximum Gasteiger partial charge on any atom is 0.191 e. The molecule has 1 saturated heterocycles. The smallest absolute Gasteiger partial charge is 0.191 e. The Kier molecular flexibility index (Phi) is 4.57. The number of rotatable bonds is 4. The van der Waals surface area contributed by atoms with E-state index in [0.717, 1.165) is 35.3 Å². The summed E-state index contributed by atoms with van der Waals surface area (Å²) in [7, 11) is 2.01. The fourth-order valence-electron chi connectivity index (χ4n) is 2.30. The van der Waals surface area contributed by atoms with Crippen LogP contribution in [0.4, 0.5) is 0 Å². The summed E-state index contributed by atoms with van der Waals surface area (Å²) in [6, 6.07) is 8.23. The van der Waals surface area contributed by atoms with Crippen molar-refractivity contribution >= 4 is 11.8 Å². The van der Waals surface area contributed by atoms with Crippen LogP contribution >= 0.6 is 11.8 Å². The third-order valence-electron chi connectivity index (χ3n) is 3.59. The lowest BCUT2D eigenvalue weighted by Gasteiger charge is -2.21. The Balaban J connectivity index is 1.72. The zero-order valence-electron chi connectivity index (χ0n) is 12.3. The number of hydrogen-bond acceptors (Lipinski definition) is 5. The van der Waals surface area contributed by atoms with Gasteiger partial charge in [0.2, 0.25) is 0 Å².